The minimum Gasteiger partial charge on any atom is -0.488 e. The van der Waals surface area contributed by atoms with E-state index in [2.05, 4.69) is 5.16 Å². The second-order valence-corrected chi connectivity index (χ2v) is 7.99. The molecule has 2 aliphatic rings. The molecular weight excluding hydrogens is 363 g/mol. The lowest BCUT2D eigenvalue weighted by Gasteiger charge is -2.39. The van der Waals surface area contributed by atoms with E-state index in [0.717, 1.165) is 18.5 Å². The normalized spacial score (nSPS) is 24.9. The van der Waals surface area contributed by atoms with Gasteiger partial charge in [0.15, 0.2) is 0 Å². The molecule has 4 rings (SSSR count). The van der Waals surface area contributed by atoms with Crippen LogP contribution < -0.4 is 4.74 Å². The molecule has 0 saturated carbocycles. The summed E-state index contributed by atoms with van der Waals surface area (Å²) in [7, 11) is 0. The zero-order valence-corrected chi connectivity index (χ0v) is 16.2. The van der Waals surface area contributed by atoms with E-state index in [9.17, 15) is 9.18 Å². The molecule has 2 aromatic rings. The number of hydrogen-bond acceptors (Lipinski definition) is 5. The van der Waals surface area contributed by atoms with Crippen molar-refractivity contribution in [2.24, 2.45) is 0 Å². The van der Waals surface area contributed by atoms with Gasteiger partial charge in [0, 0.05) is 19.0 Å². The van der Waals surface area contributed by atoms with Crippen LogP contribution in [0.3, 0.4) is 0 Å². The molecule has 2 fully saturated rings. The standard InChI is InChI=1S/C21H25FN2O4/c1-14(2)18-10-19(28-23-18)20(25)24-9-3-8-21(13-24)11-17(12-26-21)27-16-6-4-15(22)5-7-16/h4-7,10,14,17H,3,8-9,11-13H2,1-2H3/t17-,21+/m1/s1. The van der Waals surface area contributed by atoms with Crippen LogP contribution in [0.4, 0.5) is 4.39 Å². The minimum atomic E-state index is -0.403. The number of aromatic nitrogens is 1. The molecule has 2 atom stereocenters. The molecule has 3 heterocycles. The zero-order valence-electron chi connectivity index (χ0n) is 16.2. The zero-order chi connectivity index (χ0) is 19.7. The number of ether oxygens (including phenoxy) is 2. The topological polar surface area (TPSA) is 64.8 Å². The summed E-state index contributed by atoms with van der Waals surface area (Å²) in [5.41, 5.74) is 0.374. The van der Waals surface area contributed by atoms with E-state index in [4.69, 9.17) is 14.0 Å². The molecule has 28 heavy (non-hydrogen) atoms. The third-order valence-corrected chi connectivity index (χ3v) is 5.45. The Balaban J connectivity index is 1.40. The summed E-state index contributed by atoms with van der Waals surface area (Å²) in [5.74, 6) is 0.669. The highest BCUT2D eigenvalue weighted by Crippen LogP contribution is 2.36. The van der Waals surface area contributed by atoms with Gasteiger partial charge in [-0.05, 0) is 43.0 Å². The van der Waals surface area contributed by atoms with Crippen molar-refractivity contribution in [2.45, 2.75) is 50.7 Å². The fourth-order valence-corrected chi connectivity index (χ4v) is 3.96. The average molecular weight is 388 g/mol. The summed E-state index contributed by atoms with van der Waals surface area (Å²) in [6, 6.07) is 7.72. The van der Waals surface area contributed by atoms with Crippen LogP contribution in [0.15, 0.2) is 34.9 Å². The lowest BCUT2D eigenvalue weighted by molar-refractivity contribution is -0.0460. The SMILES string of the molecule is CC(C)c1cc(C(=O)N2CCC[C@]3(C[C@@H](Oc4ccc(F)cc4)CO3)C2)on1. The average Bonchev–Trinajstić information content (AvgIpc) is 3.31. The summed E-state index contributed by atoms with van der Waals surface area (Å²) >= 11 is 0. The Bertz CT molecular complexity index is 835. The van der Waals surface area contributed by atoms with Crippen molar-refractivity contribution in [2.75, 3.05) is 19.7 Å². The highest BCUT2D eigenvalue weighted by Gasteiger charge is 2.45. The van der Waals surface area contributed by atoms with E-state index in [0.29, 0.717) is 31.9 Å². The second kappa shape index (κ2) is 7.54. The van der Waals surface area contributed by atoms with Gasteiger partial charge in [0.1, 0.15) is 17.7 Å². The number of carbonyl (C=O) groups is 1. The smallest absolute Gasteiger partial charge is 0.292 e. The Labute approximate surface area is 163 Å². The van der Waals surface area contributed by atoms with E-state index in [-0.39, 0.29) is 29.5 Å². The summed E-state index contributed by atoms with van der Waals surface area (Å²) in [6.07, 6.45) is 2.33. The molecule has 2 saturated heterocycles. The Hall–Kier alpha value is -2.41. The quantitative estimate of drug-likeness (QED) is 0.798. The Morgan fingerprint density at radius 1 is 1.36 bits per heavy atom. The first-order chi connectivity index (χ1) is 13.4. The van der Waals surface area contributed by atoms with Crippen molar-refractivity contribution in [3.63, 3.8) is 0 Å². The molecule has 6 nitrogen and oxygen atoms in total. The molecule has 1 aromatic carbocycles. The first-order valence-corrected chi connectivity index (χ1v) is 9.76. The molecule has 0 N–H and O–H groups in total. The fourth-order valence-electron chi connectivity index (χ4n) is 3.96. The highest BCUT2D eigenvalue weighted by molar-refractivity contribution is 5.91. The van der Waals surface area contributed by atoms with Crippen molar-refractivity contribution < 1.29 is 23.2 Å². The number of halogens is 1. The molecule has 7 heteroatoms. The lowest BCUT2D eigenvalue weighted by atomic mass is 9.89. The van der Waals surface area contributed by atoms with Crippen molar-refractivity contribution >= 4 is 5.91 Å². The van der Waals surface area contributed by atoms with Gasteiger partial charge < -0.3 is 18.9 Å². The summed E-state index contributed by atoms with van der Waals surface area (Å²) in [5, 5.41) is 3.99. The van der Waals surface area contributed by atoms with E-state index >= 15 is 0 Å². The van der Waals surface area contributed by atoms with E-state index in [1.54, 1.807) is 23.1 Å². The molecule has 0 radical (unpaired) electrons. The van der Waals surface area contributed by atoms with Gasteiger partial charge in [-0.2, -0.15) is 0 Å². The number of hydrogen-bond donors (Lipinski definition) is 0. The molecular formula is C21H25FN2O4. The molecule has 1 amide bonds. The van der Waals surface area contributed by atoms with Crippen LogP contribution in [0, 0.1) is 5.82 Å². The monoisotopic (exact) mass is 388 g/mol. The van der Waals surface area contributed by atoms with Gasteiger partial charge in [0.05, 0.1) is 24.4 Å². The van der Waals surface area contributed by atoms with Gasteiger partial charge in [0.2, 0.25) is 5.76 Å². The number of carbonyl (C=O) groups excluding carboxylic acids is 1. The number of likely N-dealkylation sites (tertiary alicyclic amines) is 1. The van der Waals surface area contributed by atoms with Gasteiger partial charge in [-0.1, -0.05) is 19.0 Å². The Morgan fingerprint density at radius 2 is 2.14 bits per heavy atom. The number of nitrogens with zero attached hydrogens (tertiary/aromatic N) is 2. The molecule has 0 aliphatic carbocycles. The first-order valence-electron chi connectivity index (χ1n) is 9.76. The van der Waals surface area contributed by atoms with Crippen molar-refractivity contribution in [1.82, 2.24) is 10.1 Å². The maximum absolute atomic E-state index is 13.1. The highest BCUT2D eigenvalue weighted by atomic mass is 19.1. The van der Waals surface area contributed by atoms with Crippen molar-refractivity contribution in [1.29, 1.82) is 0 Å². The summed E-state index contributed by atoms with van der Waals surface area (Å²) in [4.78, 5) is 14.6. The number of piperidine rings is 1. The molecule has 150 valence electrons. The van der Waals surface area contributed by atoms with Gasteiger partial charge in [-0.15, -0.1) is 0 Å². The minimum absolute atomic E-state index is 0.113. The second-order valence-electron chi connectivity index (χ2n) is 7.99. The van der Waals surface area contributed by atoms with Gasteiger partial charge in [-0.25, -0.2) is 4.39 Å². The van der Waals surface area contributed by atoms with Crippen LogP contribution >= 0.6 is 0 Å². The van der Waals surface area contributed by atoms with E-state index in [1.165, 1.54) is 12.1 Å². The first kappa shape index (κ1) is 18.9. The number of rotatable bonds is 4. The molecule has 0 unspecified atom stereocenters. The molecule has 2 aliphatic heterocycles. The third kappa shape index (κ3) is 3.90. The third-order valence-electron chi connectivity index (χ3n) is 5.45. The Morgan fingerprint density at radius 3 is 2.86 bits per heavy atom. The van der Waals surface area contributed by atoms with E-state index in [1.807, 2.05) is 13.8 Å². The van der Waals surface area contributed by atoms with Crippen LogP contribution in [0.1, 0.15) is 55.3 Å². The van der Waals surface area contributed by atoms with Crippen molar-refractivity contribution in [3.05, 3.63) is 47.6 Å². The van der Waals surface area contributed by atoms with Gasteiger partial charge >= 0.3 is 0 Å². The Kier molecular flexibility index (Phi) is 5.10. The largest absolute Gasteiger partial charge is 0.488 e. The van der Waals surface area contributed by atoms with Gasteiger partial charge in [0.25, 0.3) is 5.91 Å². The fraction of sp³-hybridized carbons (Fsp3) is 0.524. The van der Waals surface area contributed by atoms with Crippen LogP contribution in [0.2, 0.25) is 0 Å². The molecule has 1 spiro atoms. The number of benzene rings is 1. The predicted molar refractivity (Wildman–Crippen MR) is 99.8 cm³/mol. The molecule has 0 bridgehead atoms. The summed E-state index contributed by atoms with van der Waals surface area (Å²) in [6.45, 7) is 5.66. The van der Waals surface area contributed by atoms with Crippen LogP contribution in [0.5, 0.6) is 5.75 Å². The summed E-state index contributed by atoms with van der Waals surface area (Å²) < 4.78 is 30.4. The molecule has 1 aromatic heterocycles. The lowest BCUT2D eigenvalue weighted by Crippen LogP contribution is -2.50. The van der Waals surface area contributed by atoms with E-state index < -0.39 is 5.60 Å². The van der Waals surface area contributed by atoms with Crippen LogP contribution in [0.25, 0.3) is 0 Å². The predicted octanol–water partition coefficient (Wildman–Crippen LogP) is 3.78. The van der Waals surface area contributed by atoms with Crippen LogP contribution in [-0.2, 0) is 4.74 Å². The number of amides is 1. The van der Waals surface area contributed by atoms with Gasteiger partial charge in [-0.3, -0.25) is 4.79 Å². The maximum Gasteiger partial charge on any atom is 0.292 e. The van der Waals surface area contributed by atoms with Crippen molar-refractivity contribution in [3.8, 4) is 5.75 Å². The van der Waals surface area contributed by atoms with Crippen LogP contribution in [-0.4, -0.2) is 47.4 Å². The maximum atomic E-state index is 13.1.